The predicted molar refractivity (Wildman–Crippen MR) is 72.0 cm³/mol. The Morgan fingerprint density at radius 2 is 1.95 bits per heavy atom. The highest BCUT2D eigenvalue weighted by Gasteiger charge is 2.48. The van der Waals surface area contributed by atoms with Crippen molar-refractivity contribution in [1.82, 2.24) is 0 Å². The number of carboxylic acids is 1. The molecule has 1 aliphatic rings. The zero-order chi connectivity index (χ0) is 14.9. The van der Waals surface area contributed by atoms with E-state index in [1.54, 1.807) is 12.1 Å². The SMILES string of the molecule is CCS(=O)(=O)c1ccccc1NC(=O)C1CC1C(=O)O. The van der Waals surface area contributed by atoms with Crippen LogP contribution in [0.5, 0.6) is 0 Å². The van der Waals surface area contributed by atoms with Gasteiger partial charge < -0.3 is 10.4 Å². The van der Waals surface area contributed by atoms with Crippen LogP contribution in [0.25, 0.3) is 0 Å². The molecule has 0 bridgehead atoms. The fraction of sp³-hybridized carbons (Fsp3) is 0.385. The van der Waals surface area contributed by atoms with Crippen LogP contribution >= 0.6 is 0 Å². The molecule has 108 valence electrons. The number of rotatable bonds is 5. The fourth-order valence-corrected chi connectivity index (χ4v) is 3.03. The zero-order valence-corrected chi connectivity index (χ0v) is 11.7. The molecular weight excluding hydrogens is 282 g/mol. The van der Waals surface area contributed by atoms with Crippen molar-refractivity contribution in [3.8, 4) is 0 Å². The second kappa shape index (κ2) is 5.24. The number of carboxylic acid groups (broad SMARTS) is 1. The molecule has 0 aromatic heterocycles. The van der Waals surface area contributed by atoms with E-state index in [0.29, 0.717) is 6.42 Å². The molecule has 2 N–H and O–H groups in total. The highest BCUT2D eigenvalue weighted by Crippen LogP contribution is 2.39. The first-order valence-corrected chi connectivity index (χ1v) is 7.87. The fourth-order valence-electron chi connectivity index (χ4n) is 1.98. The minimum Gasteiger partial charge on any atom is -0.481 e. The van der Waals surface area contributed by atoms with Crippen molar-refractivity contribution < 1.29 is 23.1 Å². The van der Waals surface area contributed by atoms with Crippen LogP contribution in [0.15, 0.2) is 29.2 Å². The number of hydrogen-bond donors (Lipinski definition) is 2. The smallest absolute Gasteiger partial charge is 0.307 e. The van der Waals surface area contributed by atoms with Gasteiger partial charge in [-0.25, -0.2) is 8.42 Å². The molecular formula is C13H15NO5S. The topological polar surface area (TPSA) is 101 Å². The molecule has 0 saturated heterocycles. The van der Waals surface area contributed by atoms with Gasteiger partial charge in [-0.3, -0.25) is 9.59 Å². The maximum atomic E-state index is 11.9. The summed E-state index contributed by atoms with van der Waals surface area (Å²) in [6.07, 6.45) is 0.295. The predicted octanol–water partition coefficient (Wildman–Crippen LogP) is 1.14. The Morgan fingerprint density at radius 3 is 2.50 bits per heavy atom. The van der Waals surface area contributed by atoms with Gasteiger partial charge in [0, 0.05) is 0 Å². The highest BCUT2D eigenvalue weighted by atomic mass is 32.2. The Hall–Kier alpha value is -1.89. The van der Waals surface area contributed by atoms with Gasteiger partial charge in [0.15, 0.2) is 9.84 Å². The van der Waals surface area contributed by atoms with Crippen LogP contribution in [-0.4, -0.2) is 31.2 Å². The van der Waals surface area contributed by atoms with Crippen LogP contribution in [-0.2, 0) is 19.4 Å². The molecule has 20 heavy (non-hydrogen) atoms. The first-order valence-electron chi connectivity index (χ1n) is 6.22. The summed E-state index contributed by atoms with van der Waals surface area (Å²) in [5, 5.41) is 11.3. The lowest BCUT2D eigenvalue weighted by molar-refractivity contribution is -0.139. The maximum Gasteiger partial charge on any atom is 0.307 e. The quantitative estimate of drug-likeness (QED) is 0.848. The van der Waals surface area contributed by atoms with Gasteiger partial charge in [-0.1, -0.05) is 19.1 Å². The van der Waals surface area contributed by atoms with Crippen molar-refractivity contribution >= 4 is 27.4 Å². The number of para-hydroxylation sites is 1. The minimum atomic E-state index is -3.44. The Kier molecular flexibility index (Phi) is 3.80. The number of nitrogens with one attached hydrogen (secondary N) is 1. The van der Waals surface area contributed by atoms with Crippen LogP contribution in [0.3, 0.4) is 0 Å². The summed E-state index contributed by atoms with van der Waals surface area (Å²) in [6, 6.07) is 6.12. The number of carbonyl (C=O) groups excluding carboxylic acids is 1. The molecule has 1 fully saturated rings. The second-order valence-corrected chi connectivity index (χ2v) is 6.92. The van der Waals surface area contributed by atoms with Gasteiger partial charge in [0.2, 0.25) is 5.91 Å². The van der Waals surface area contributed by atoms with E-state index in [0.717, 1.165) is 0 Å². The highest BCUT2D eigenvalue weighted by molar-refractivity contribution is 7.91. The molecule has 2 atom stereocenters. The van der Waals surface area contributed by atoms with Gasteiger partial charge in [-0.15, -0.1) is 0 Å². The summed E-state index contributed by atoms with van der Waals surface area (Å²) in [6.45, 7) is 1.52. The molecule has 0 aliphatic heterocycles. The normalized spacial score (nSPS) is 21.2. The number of amides is 1. The molecule has 2 rings (SSSR count). The Balaban J connectivity index is 2.19. The lowest BCUT2D eigenvalue weighted by Crippen LogP contribution is -2.19. The number of anilines is 1. The van der Waals surface area contributed by atoms with Gasteiger partial charge in [-0.2, -0.15) is 0 Å². The van der Waals surface area contributed by atoms with Crippen molar-refractivity contribution in [1.29, 1.82) is 0 Å². The van der Waals surface area contributed by atoms with E-state index in [1.165, 1.54) is 19.1 Å². The van der Waals surface area contributed by atoms with E-state index < -0.39 is 33.5 Å². The second-order valence-electron chi connectivity index (χ2n) is 4.68. The van der Waals surface area contributed by atoms with Crippen LogP contribution in [0.4, 0.5) is 5.69 Å². The molecule has 1 saturated carbocycles. The third kappa shape index (κ3) is 2.82. The summed E-state index contributed by atoms with van der Waals surface area (Å²) in [5.74, 6) is -2.76. The molecule has 2 unspecified atom stereocenters. The van der Waals surface area contributed by atoms with Crippen LogP contribution in [0, 0.1) is 11.8 Å². The van der Waals surface area contributed by atoms with Crippen LogP contribution in [0.1, 0.15) is 13.3 Å². The number of benzene rings is 1. The summed E-state index contributed by atoms with van der Waals surface area (Å²) >= 11 is 0. The van der Waals surface area contributed by atoms with Gasteiger partial charge in [0.25, 0.3) is 0 Å². The summed E-state index contributed by atoms with van der Waals surface area (Å²) < 4.78 is 23.8. The van der Waals surface area contributed by atoms with Crippen molar-refractivity contribution in [2.45, 2.75) is 18.2 Å². The molecule has 0 spiro atoms. The molecule has 1 aromatic carbocycles. The van der Waals surface area contributed by atoms with Gasteiger partial charge in [0.05, 0.1) is 28.2 Å². The average molecular weight is 297 g/mol. The monoisotopic (exact) mass is 297 g/mol. The summed E-state index contributed by atoms with van der Waals surface area (Å²) in [5.41, 5.74) is 0.204. The molecule has 7 heteroatoms. The number of hydrogen-bond acceptors (Lipinski definition) is 4. The van der Waals surface area contributed by atoms with Gasteiger partial charge in [-0.05, 0) is 18.6 Å². The van der Waals surface area contributed by atoms with Crippen molar-refractivity contribution in [2.75, 3.05) is 11.1 Å². The molecule has 6 nitrogen and oxygen atoms in total. The molecule has 0 radical (unpaired) electrons. The van der Waals surface area contributed by atoms with E-state index >= 15 is 0 Å². The lowest BCUT2D eigenvalue weighted by atomic mass is 10.2. The standard InChI is InChI=1S/C13H15NO5S/c1-2-20(18,19)11-6-4-3-5-10(11)14-12(15)8-7-9(8)13(16)17/h3-6,8-9H,2,7H2,1H3,(H,14,15)(H,16,17). The van der Waals surface area contributed by atoms with E-state index in [2.05, 4.69) is 5.32 Å². The Labute approximate surface area is 116 Å². The molecule has 1 amide bonds. The van der Waals surface area contributed by atoms with E-state index in [9.17, 15) is 18.0 Å². The van der Waals surface area contributed by atoms with Crippen molar-refractivity contribution in [2.24, 2.45) is 11.8 Å². The zero-order valence-electron chi connectivity index (χ0n) is 10.9. The first kappa shape index (κ1) is 14.5. The van der Waals surface area contributed by atoms with E-state index in [-0.39, 0.29) is 16.3 Å². The summed E-state index contributed by atoms with van der Waals surface area (Å²) in [4.78, 5) is 22.7. The first-order chi connectivity index (χ1) is 9.36. The number of carbonyl (C=O) groups is 2. The summed E-state index contributed by atoms with van der Waals surface area (Å²) in [7, 11) is -3.44. The average Bonchev–Trinajstić information content (AvgIpc) is 3.19. The third-order valence-electron chi connectivity index (χ3n) is 3.30. The Morgan fingerprint density at radius 1 is 1.30 bits per heavy atom. The number of aliphatic carboxylic acids is 1. The molecule has 1 aromatic rings. The van der Waals surface area contributed by atoms with Gasteiger partial charge in [0.1, 0.15) is 0 Å². The van der Waals surface area contributed by atoms with Gasteiger partial charge >= 0.3 is 5.97 Å². The van der Waals surface area contributed by atoms with E-state index in [1.807, 2.05) is 0 Å². The van der Waals surface area contributed by atoms with Crippen LogP contribution in [0.2, 0.25) is 0 Å². The van der Waals surface area contributed by atoms with E-state index in [4.69, 9.17) is 5.11 Å². The van der Waals surface area contributed by atoms with Crippen LogP contribution < -0.4 is 5.32 Å². The number of sulfone groups is 1. The largest absolute Gasteiger partial charge is 0.481 e. The Bertz CT molecular complexity index is 652. The molecule has 0 heterocycles. The third-order valence-corrected chi connectivity index (χ3v) is 5.09. The lowest BCUT2D eigenvalue weighted by Gasteiger charge is -2.10. The van der Waals surface area contributed by atoms with Crippen molar-refractivity contribution in [3.63, 3.8) is 0 Å². The maximum absolute atomic E-state index is 11.9. The minimum absolute atomic E-state index is 0.0587. The molecule has 1 aliphatic carbocycles. The van der Waals surface area contributed by atoms with Crippen molar-refractivity contribution in [3.05, 3.63) is 24.3 Å².